The molecule has 1 saturated heterocycles. The number of hydrogen-bond donors (Lipinski definition) is 0. The normalized spacial score (nSPS) is 24.4. The number of sulfonamides is 1. The molecule has 0 spiro atoms. The average Bonchev–Trinajstić information content (AvgIpc) is 2.70. The molecule has 1 aliphatic rings. The van der Waals surface area contributed by atoms with Gasteiger partial charge in [-0.2, -0.15) is 4.31 Å². The van der Waals surface area contributed by atoms with E-state index in [1.165, 1.54) is 0 Å². The minimum absolute atomic E-state index is 0.102. The minimum Gasteiger partial charge on any atom is -0.207 e. The van der Waals surface area contributed by atoms with Gasteiger partial charge in [0.05, 0.1) is 4.90 Å². The van der Waals surface area contributed by atoms with E-state index in [2.05, 4.69) is 13.8 Å². The molecule has 2 rings (SSSR count). The summed E-state index contributed by atoms with van der Waals surface area (Å²) in [6.07, 6.45) is 2.88. The average molecular weight is 295 g/mol. The van der Waals surface area contributed by atoms with Crippen LogP contribution in [0.1, 0.15) is 45.6 Å². The molecular formula is C16H25NO2S. The highest BCUT2D eigenvalue weighted by atomic mass is 32.2. The predicted octanol–water partition coefficient (Wildman–Crippen LogP) is 3.58. The first kappa shape index (κ1) is 15.5. The molecule has 0 N–H and O–H groups in total. The van der Waals surface area contributed by atoms with Crippen molar-refractivity contribution in [1.82, 2.24) is 4.31 Å². The third kappa shape index (κ3) is 3.07. The standard InChI is InChI=1S/C16H25NO2S/c1-12(2)11-15-8-7-14(4)17(15)20(18,19)16-9-5-13(3)6-10-16/h5-6,9-10,12,14-15H,7-8,11H2,1-4H3/t14-,15+/m1/s1. The molecule has 1 aromatic rings. The number of hydrogen-bond acceptors (Lipinski definition) is 2. The largest absolute Gasteiger partial charge is 0.243 e. The van der Waals surface area contributed by atoms with Gasteiger partial charge in [0.25, 0.3) is 0 Å². The number of nitrogens with zero attached hydrogens (tertiary/aromatic N) is 1. The lowest BCUT2D eigenvalue weighted by Crippen LogP contribution is -2.40. The van der Waals surface area contributed by atoms with E-state index in [1.54, 1.807) is 16.4 Å². The molecule has 0 aromatic heterocycles. The molecule has 0 amide bonds. The molecule has 0 saturated carbocycles. The van der Waals surface area contributed by atoms with Crippen LogP contribution in [0.3, 0.4) is 0 Å². The van der Waals surface area contributed by atoms with Crippen LogP contribution in [0.4, 0.5) is 0 Å². The molecule has 0 radical (unpaired) electrons. The highest BCUT2D eigenvalue weighted by Gasteiger charge is 2.39. The summed E-state index contributed by atoms with van der Waals surface area (Å²) in [6.45, 7) is 8.29. The van der Waals surface area contributed by atoms with Gasteiger partial charge >= 0.3 is 0 Å². The lowest BCUT2D eigenvalue weighted by Gasteiger charge is -2.28. The van der Waals surface area contributed by atoms with Crippen LogP contribution in [-0.2, 0) is 10.0 Å². The first-order valence-electron chi connectivity index (χ1n) is 7.42. The second-order valence-corrected chi connectivity index (χ2v) is 8.20. The van der Waals surface area contributed by atoms with Crippen LogP contribution in [0, 0.1) is 12.8 Å². The number of aryl methyl sites for hydroxylation is 1. The Kier molecular flexibility index (Phi) is 4.55. The SMILES string of the molecule is Cc1ccc(S(=O)(=O)N2[C@H](CC(C)C)CC[C@H]2C)cc1. The predicted molar refractivity (Wildman–Crippen MR) is 82.1 cm³/mol. The maximum absolute atomic E-state index is 12.9. The molecule has 0 bridgehead atoms. The van der Waals surface area contributed by atoms with E-state index >= 15 is 0 Å². The Morgan fingerprint density at radius 3 is 2.35 bits per heavy atom. The van der Waals surface area contributed by atoms with Crippen LogP contribution >= 0.6 is 0 Å². The topological polar surface area (TPSA) is 37.4 Å². The van der Waals surface area contributed by atoms with Crippen LogP contribution < -0.4 is 0 Å². The van der Waals surface area contributed by atoms with Crippen molar-refractivity contribution in [2.45, 2.75) is 63.9 Å². The number of benzene rings is 1. The van der Waals surface area contributed by atoms with Gasteiger partial charge in [0.2, 0.25) is 10.0 Å². The van der Waals surface area contributed by atoms with E-state index < -0.39 is 10.0 Å². The lowest BCUT2D eigenvalue weighted by atomic mass is 10.0. The Morgan fingerprint density at radius 2 is 1.80 bits per heavy atom. The third-order valence-corrected chi connectivity index (χ3v) is 6.13. The van der Waals surface area contributed by atoms with Crippen LogP contribution in [0.5, 0.6) is 0 Å². The fourth-order valence-electron chi connectivity index (χ4n) is 3.08. The smallest absolute Gasteiger partial charge is 0.207 e. The van der Waals surface area contributed by atoms with Gasteiger partial charge in [-0.3, -0.25) is 0 Å². The van der Waals surface area contributed by atoms with Gasteiger partial charge in [-0.25, -0.2) is 8.42 Å². The van der Waals surface area contributed by atoms with Crippen LogP contribution in [0.25, 0.3) is 0 Å². The Bertz CT molecular complexity index is 548. The van der Waals surface area contributed by atoms with Crippen LogP contribution in [-0.4, -0.2) is 24.8 Å². The summed E-state index contributed by atoms with van der Waals surface area (Å²) in [7, 11) is -3.37. The summed E-state index contributed by atoms with van der Waals surface area (Å²) in [5.41, 5.74) is 1.08. The summed E-state index contributed by atoms with van der Waals surface area (Å²) in [4.78, 5) is 0.422. The second kappa shape index (κ2) is 5.86. The fourth-order valence-corrected chi connectivity index (χ4v) is 4.97. The first-order chi connectivity index (χ1) is 9.32. The molecule has 2 atom stereocenters. The van der Waals surface area contributed by atoms with Crippen LogP contribution in [0.2, 0.25) is 0 Å². The van der Waals surface area contributed by atoms with Crippen molar-refractivity contribution in [3.05, 3.63) is 29.8 Å². The van der Waals surface area contributed by atoms with Crippen molar-refractivity contribution in [3.8, 4) is 0 Å². The Hall–Kier alpha value is -0.870. The van der Waals surface area contributed by atoms with E-state index in [0.29, 0.717) is 10.8 Å². The van der Waals surface area contributed by atoms with Gasteiger partial charge in [-0.15, -0.1) is 0 Å². The van der Waals surface area contributed by atoms with E-state index in [0.717, 1.165) is 24.8 Å². The molecule has 0 aliphatic carbocycles. The Morgan fingerprint density at radius 1 is 1.20 bits per heavy atom. The summed E-state index contributed by atoms with van der Waals surface area (Å²) in [5, 5.41) is 0. The van der Waals surface area contributed by atoms with E-state index in [-0.39, 0.29) is 12.1 Å². The minimum atomic E-state index is -3.37. The quantitative estimate of drug-likeness (QED) is 0.851. The van der Waals surface area contributed by atoms with E-state index in [4.69, 9.17) is 0 Å². The molecule has 0 unspecified atom stereocenters. The molecule has 112 valence electrons. The van der Waals surface area contributed by atoms with Gasteiger partial charge in [0, 0.05) is 12.1 Å². The molecule has 1 aromatic carbocycles. The van der Waals surface area contributed by atoms with E-state index in [9.17, 15) is 8.42 Å². The van der Waals surface area contributed by atoms with Crippen LogP contribution in [0.15, 0.2) is 29.2 Å². The molecule has 1 aliphatic heterocycles. The highest BCUT2D eigenvalue weighted by molar-refractivity contribution is 7.89. The zero-order chi connectivity index (χ0) is 14.9. The Balaban J connectivity index is 2.33. The molecule has 1 heterocycles. The summed E-state index contributed by atoms with van der Waals surface area (Å²) >= 11 is 0. The summed E-state index contributed by atoms with van der Waals surface area (Å²) in [6, 6.07) is 7.43. The van der Waals surface area contributed by atoms with Gasteiger partial charge in [-0.05, 0) is 51.2 Å². The monoisotopic (exact) mass is 295 g/mol. The van der Waals surface area contributed by atoms with E-state index in [1.807, 2.05) is 26.0 Å². The Labute approximate surface area is 123 Å². The first-order valence-corrected chi connectivity index (χ1v) is 8.86. The van der Waals surface area contributed by atoms with Crippen molar-refractivity contribution in [2.24, 2.45) is 5.92 Å². The molecule has 4 heteroatoms. The zero-order valence-electron chi connectivity index (χ0n) is 12.8. The maximum Gasteiger partial charge on any atom is 0.243 e. The van der Waals surface area contributed by atoms with Crippen molar-refractivity contribution in [1.29, 1.82) is 0 Å². The third-order valence-electron chi connectivity index (χ3n) is 4.05. The number of rotatable bonds is 4. The van der Waals surface area contributed by atoms with Crippen molar-refractivity contribution < 1.29 is 8.42 Å². The van der Waals surface area contributed by atoms with Gasteiger partial charge in [0.1, 0.15) is 0 Å². The fraction of sp³-hybridized carbons (Fsp3) is 0.625. The van der Waals surface area contributed by atoms with Gasteiger partial charge in [-0.1, -0.05) is 31.5 Å². The molecule has 3 nitrogen and oxygen atoms in total. The zero-order valence-corrected chi connectivity index (χ0v) is 13.7. The van der Waals surface area contributed by atoms with Crippen molar-refractivity contribution in [3.63, 3.8) is 0 Å². The van der Waals surface area contributed by atoms with Gasteiger partial charge < -0.3 is 0 Å². The second-order valence-electron chi connectivity index (χ2n) is 6.36. The molecule has 1 fully saturated rings. The maximum atomic E-state index is 12.9. The summed E-state index contributed by atoms with van der Waals surface area (Å²) in [5.74, 6) is 0.515. The summed E-state index contributed by atoms with van der Waals surface area (Å²) < 4.78 is 27.5. The highest BCUT2D eigenvalue weighted by Crippen LogP contribution is 2.33. The lowest BCUT2D eigenvalue weighted by molar-refractivity contribution is 0.299. The molecule has 20 heavy (non-hydrogen) atoms. The van der Waals surface area contributed by atoms with Crippen molar-refractivity contribution in [2.75, 3.05) is 0 Å². The van der Waals surface area contributed by atoms with Crippen molar-refractivity contribution >= 4 is 10.0 Å². The molecular weight excluding hydrogens is 270 g/mol. The van der Waals surface area contributed by atoms with Gasteiger partial charge in [0.15, 0.2) is 0 Å².